The van der Waals surface area contributed by atoms with E-state index in [-0.39, 0.29) is 4.90 Å². The van der Waals surface area contributed by atoms with Gasteiger partial charge in [-0.15, -0.1) is 0 Å². The number of hydrogen-bond donors (Lipinski definition) is 0. The Kier molecular flexibility index (Phi) is 8.40. The maximum absolute atomic E-state index is 13.3. The van der Waals surface area contributed by atoms with Crippen LogP contribution in [0.25, 0.3) is 0 Å². The van der Waals surface area contributed by atoms with Crippen LogP contribution in [0.5, 0.6) is 11.5 Å². The average molecular weight is 493 g/mol. The fraction of sp³-hybridized carbons (Fsp3) is 0.731. The van der Waals surface area contributed by atoms with Gasteiger partial charge in [-0.3, -0.25) is 4.79 Å². The summed E-state index contributed by atoms with van der Waals surface area (Å²) in [6, 6.07) is 4.90. The van der Waals surface area contributed by atoms with E-state index < -0.39 is 10.0 Å². The Labute approximate surface area is 204 Å². The van der Waals surface area contributed by atoms with Gasteiger partial charge in [0, 0.05) is 38.7 Å². The largest absolute Gasteiger partial charge is 0.497 e. The van der Waals surface area contributed by atoms with Crippen LogP contribution in [0, 0.1) is 17.8 Å². The highest BCUT2D eigenvalue weighted by molar-refractivity contribution is 7.89. The zero-order valence-corrected chi connectivity index (χ0v) is 21.5. The summed E-state index contributed by atoms with van der Waals surface area (Å²) >= 11 is 0. The van der Waals surface area contributed by atoms with E-state index in [1.165, 1.54) is 39.9 Å². The molecule has 0 spiro atoms. The second kappa shape index (κ2) is 11.3. The third-order valence-corrected chi connectivity index (χ3v) is 9.83. The Balaban J connectivity index is 1.19. The van der Waals surface area contributed by atoms with Crippen LogP contribution in [-0.4, -0.2) is 63.9 Å². The molecule has 8 heteroatoms. The fourth-order valence-corrected chi connectivity index (χ4v) is 7.07. The normalized spacial score (nSPS) is 20.9. The Bertz CT molecular complexity index is 931. The number of piperidine rings is 2. The van der Waals surface area contributed by atoms with Crippen molar-refractivity contribution in [2.75, 3.05) is 40.4 Å². The highest BCUT2D eigenvalue weighted by atomic mass is 32.2. The molecule has 34 heavy (non-hydrogen) atoms. The van der Waals surface area contributed by atoms with Gasteiger partial charge in [0.25, 0.3) is 0 Å². The van der Waals surface area contributed by atoms with E-state index in [1.54, 1.807) is 22.5 Å². The summed E-state index contributed by atoms with van der Waals surface area (Å²) in [5, 5.41) is 0. The van der Waals surface area contributed by atoms with Gasteiger partial charge in [-0.05, 0) is 68.4 Å². The van der Waals surface area contributed by atoms with E-state index in [2.05, 4.69) is 4.90 Å². The van der Waals surface area contributed by atoms with Gasteiger partial charge in [-0.25, -0.2) is 8.42 Å². The second-order valence-electron chi connectivity index (χ2n) is 10.3. The molecule has 1 aromatic rings. The molecule has 0 unspecified atom stereocenters. The molecule has 7 nitrogen and oxygen atoms in total. The quantitative estimate of drug-likeness (QED) is 0.486. The van der Waals surface area contributed by atoms with E-state index in [0.29, 0.717) is 42.3 Å². The topological polar surface area (TPSA) is 76.2 Å². The number of hydrogen-bond acceptors (Lipinski definition) is 5. The number of amides is 1. The Morgan fingerprint density at radius 3 is 2.06 bits per heavy atom. The van der Waals surface area contributed by atoms with Crippen molar-refractivity contribution in [3.8, 4) is 11.5 Å². The standard InChI is InChI=1S/C26H40N2O5S/c1-32-23-8-9-24(33-2)25(19-23)34(30,31)28-16-12-21(13-17-28)5-3-4-20-10-14-27(15-11-20)26(29)18-22-6-7-22/h8-9,19-22H,3-7,10-18H2,1-2H3. The van der Waals surface area contributed by atoms with Gasteiger partial charge in [0.15, 0.2) is 0 Å². The number of ether oxygens (including phenoxy) is 2. The van der Waals surface area contributed by atoms with Crippen LogP contribution in [0.2, 0.25) is 0 Å². The van der Waals surface area contributed by atoms with Crippen LogP contribution in [0.15, 0.2) is 23.1 Å². The fourth-order valence-electron chi connectivity index (χ4n) is 5.43. The molecule has 4 rings (SSSR count). The molecule has 3 aliphatic rings. The van der Waals surface area contributed by atoms with Gasteiger partial charge >= 0.3 is 0 Å². The van der Waals surface area contributed by atoms with E-state index in [9.17, 15) is 13.2 Å². The summed E-state index contributed by atoms with van der Waals surface area (Å²) in [5.74, 6) is 3.21. The van der Waals surface area contributed by atoms with Gasteiger partial charge in [-0.2, -0.15) is 4.31 Å². The molecular formula is C26H40N2O5S. The Hall–Kier alpha value is -1.80. The van der Waals surface area contributed by atoms with Crippen molar-refractivity contribution in [2.24, 2.45) is 17.8 Å². The lowest BCUT2D eigenvalue weighted by molar-refractivity contribution is -0.133. The van der Waals surface area contributed by atoms with Crippen LogP contribution in [0.1, 0.15) is 64.2 Å². The minimum Gasteiger partial charge on any atom is -0.497 e. The molecule has 0 N–H and O–H groups in total. The molecule has 2 aliphatic heterocycles. The van der Waals surface area contributed by atoms with Crippen molar-refractivity contribution in [1.29, 1.82) is 0 Å². The lowest BCUT2D eigenvalue weighted by Crippen LogP contribution is -2.39. The van der Waals surface area contributed by atoms with Gasteiger partial charge < -0.3 is 14.4 Å². The first-order valence-electron chi connectivity index (χ1n) is 12.9. The van der Waals surface area contributed by atoms with Crippen LogP contribution < -0.4 is 9.47 Å². The monoisotopic (exact) mass is 492 g/mol. The van der Waals surface area contributed by atoms with Crippen molar-refractivity contribution in [3.05, 3.63) is 18.2 Å². The third kappa shape index (κ3) is 6.25. The molecule has 1 aliphatic carbocycles. The van der Waals surface area contributed by atoms with Gasteiger partial charge in [-0.1, -0.05) is 19.3 Å². The third-order valence-electron chi connectivity index (χ3n) is 7.91. The summed E-state index contributed by atoms with van der Waals surface area (Å²) in [7, 11) is -0.600. The van der Waals surface area contributed by atoms with Crippen LogP contribution in [0.3, 0.4) is 0 Å². The lowest BCUT2D eigenvalue weighted by Gasteiger charge is -2.33. The summed E-state index contributed by atoms with van der Waals surface area (Å²) in [5.41, 5.74) is 0. The van der Waals surface area contributed by atoms with Crippen LogP contribution in [-0.2, 0) is 14.8 Å². The number of nitrogens with zero attached hydrogens (tertiary/aromatic N) is 2. The molecule has 0 radical (unpaired) electrons. The van der Waals surface area contributed by atoms with Crippen LogP contribution in [0.4, 0.5) is 0 Å². The van der Waals surface area contributed by atoms with Crippen molar-refractivity contribution in [2.45, 2.75) is 69.1 Å². The number of carbonyl (C=O) groups is 1. The van der Waals surface area contributed by atoms with E-state index in [1.807, 2.05) is 0 Å². The van der Waals surface area contributed by atoms with Crippen molar-refractivity contribution in [1.82, 2.24) is 9.21 Å². The maximum Gasteiger partial charge on any atom is 0.246 e. The minimum absolute atomic E-state index is 0.176. The molecule has 190 valence electrons. The van der Waals surface area contributed by atoms with E-state index >= 15 is 0 Å². The van der Waals surface area contributed by atoms with E-state index in [4.69, 9.17) is 9.47 Å². The highest BCUT2D eigenvalue weighted by Crippen LogP contribution is 2.35. The number of likely N-dealkylation sites (tertiary alicyclic amines) is 1. The zero-order valence-electron chi connectivity index (χ0n) is 20.7. The molecule has 0 aromatic heterocycles. The van der Waals surface area contributed by atoms with Crippen molar-refractivity contribution >= 4 is 15.9 Å². The predicted octanol–water partition coefficient (Wildman–Crippen LogP) is 4.31. The van der Waals surface area contributed by atoms with Crippen LogP contribution >= 0.6 is 0 Å². The first kappa shape index (κ1) is 25.3. The Morgan fingerprint density at radius 2 is 1.50 bits per heavy atom. The molecular weight excluding hydrogens is 452 g/mol. The molecule has 1 aromatic carbocycles. The van der Waals surface area contributed by atoms with E-state index in [0.717, 1.165) is 57.5 Å². The zero-order chi connectivity index (χ0) is 24.1. The second-order valence-corrected chi connectivity index (χ2v) is 12.2. The molecule has 1 amide bonds. The first-order chi connectivity index (χ1) is 16.4. The van der Waals surface area contributed by atoms with Gasteiger partial charge in [0.2, 0.25) is 15.9 Å². The minimum atomic E-state index is -3.62. The molecule has 0 atom stereocenters. The van der Waals surface area contributed by atoms with Crippen molar-refractivity contribution < 1.29 is 22.7 Å². The average Bonchev–Trinajstić information content (AvgIpc) is 3.68. The number of methoxy groups -OCH3 is 2. The Morgan fingerprint density at radius 1 is 0.882 bits per heavy atom. The van der Waals surface area contributed by atoms with Crippen molar-refractivity contribution in [3.63, 3.8) is 0 Å². The summed E-state index contributed by atoms with van der Waals surface area (Å²) in [4.78, 5) is 14.6. The maximum atomic E-state index is 13.3. The molecule has 0 bridgehead atoms. The molecule has 1 saturated carbocycles. The smallest absolute Gasteiger partial charge is 0.246 e. The summed E-state index contributed by atoms with van der Waals surface area (Å²) in [6.07, 6.45) is 10.9. The SMILES string of the molecule is COc1ccc(OC)c(S(=O)(=O)N2CCC(CCCC3CCN(C(=O)CC4CC4)CC3)CC2)c1. The molecule has 3 fully saturated rings. The lowest BCUT2D eigenvalue weighted by atomic mass is 9.87. The van der Waals surface area contributed by atoms with Gasteiger partial charge in [0.1, 0.15) is 16.4 Å². The van der Waals surface area contributed by atoms with Gasteiger partial charge in [0.05, 0.1) is 14.2 Å². The number of carbonyl (C=O) groups excluding carboxylic acids is 1. The summed E-state index contributed by atoms with van der Waals surface area (Å²) in [6.45, 7) is 2.96. The molecule has 2 heterocycles. The predicted molar refractivity (Wildman–Crippen MR) is 132 cm³/mol. The first-order valence-corrected chi connectivity index (χ1v) is 14.3. The summed E-state index contributed by atoms with van der Waals surface area (Å²) < 4.78 is 38.7. The number of benzene rings is 1. The number of rotatable bonds is 10. The molecule has 2 saturated heterocycles. The highest BCUT2D eigenvalue weighted by Gasteiger charge is 2.32. The number of sulfonamides is 1.